The second kappa shape index (κ2) is 8.42. The Bertz CT molecular complexity index is 1060. The minimum absolute atomic E-state index is 0.125. The number of hydrogen-bond donors (Lipinski definition) is 1. The van der Waals surface area contributed by atoms with E-state index in [1.165, 1.54) is 0 Å². The van der Waals surface area contributed by atoms with Crippen LogP contribution in [0.15, 0.2) is 78.3 Å². The van der Waals surface area contributed by atoms with Crippen molar-refractivity contribution in [3.63, 3.8) is 0 Å². The molecule has 0 aliphatic heterocycles. The Morgan fingerprint density at radius 2 is 1.82 bits per heavy atom. The molecule has 0 aliphatic carbocycles. The van der Waals surface area contributed by atoms with Crippen molar-refractivity contribution in [1.82, 2.24) is 15.1 Å². The van der Waals surface area contributed by atoms with Crippen molar-refractivity contribution >= 4 is 28.8 Å². The van der Waals surface area contributed by atoms with E-state index in [0.29, 0.717) is 22.8 Å². The van der Waals surface area contributed by atoms with Crippen LogP contribution in [0.2, 0.25) is 5.02 Å². The van der Waals surface area contributed by atoms with Crippen LogP contribution in [0.4, 0.5) is 0 Å². The third kappa shape index (κ3) is 4.16. The van der Waals surface area contributed by atoms with E-state index in [0.717, 1.165) is 22.5 Å². The topological polar surface area (TPSA) is 46.9 Å². The molecule has 2 aromatic heterocycles. The van der Waals surface area contributed by atoms with Gasteiger partial charge in [-0.25, -0.2) is 4.68 Å². The van der Waals surface area contributed by atoms with Gasteiger partial charge in [0.25, 0.3) is 5.91 Å². The van der Waals surface area contributed by atoms with Gasteiger partial charge >= 0.3 is 0 Å². The number of carbonyl (C=O) groups is 1. The maximum Gasteiger partial charge on any atom is 0.255 e. The number of nitrogens with zero attached hydrogens (tertiary/aromatic N) is 2. The van der Waals surface area contributed by atoms with Crippen LogP contribution in [0.3, 0.4) is 0 Å². The zero-order valence-corrected chi connectivity index (χ0v) is 16.6. The number of thiophene rings is 1. The van der Waals surface area contributed by atoms with E-state index in [4.69, 9.17) is 11.6 Å². The second-order valence-electron chi connectivity index (χ2n) is 6.28. The smallest absolute Gasteiger partial charge is 0.255 e. The highest BCUT2D eigenvalue weighted by atomic mass is 35.5. The summed E-state index contributed by atoms with van der Waals surface area (Å²) >= 11 is 7.49. The fourth-order valence-corrected chi connectivity index (χ4v) is 3.76. The summed E-state index contributed by atoms with van der Waals surface area (Å²) in [7, 11) is 0. The summed E-state index contributed by atoms with van der Waals surface area (Å²) in [5, 5.41) is 10.4. The minimum atomic E-state index is -0.125. The summed E-state index contributed by atoms with van der Waals surface area (Å²) in [6, 6.07) is 21.4. The fourth-order valence-electron chi connectivity index (χ4n) is 2.92. The quantitative estimate of drug-likeness (QED) is 0.476. The number of para-hydroxylation sites is 1. The van der Waals surface area contributed by atoms with Gasteiger partial charge in [-0.15, -0.1) is 11.3 Å². The van der Waals surface area contributed by atoms with Crippen molar-refractivity contribution in [2.75, 3.05) is 6.54 Å². The molecule has 140 valence electrons. The highest BCUT2D eigenvalue weighted by molar-refractivity contribution is 7.13. The number of nitrogens with one attached hydrogen (secondary N) is 1. The maximum atomic E-state index is 12.9. The summed E-state index contributed by atoms with van der Waals surface area (Å²) in [6.45, 7) is 0.543. The number of rotatable bonds is 6. The molecule has 0 aliphatic rings. The van der Waals surface area contributed by atoms with E-state index in [9.17, 15) is 4.79 Å². The Hall–Kier alpha value is -2.89. The third-order valence-corrected chi connectivity index (χ3v) is 5.48. The van der Waals surface area contributed by atoms with Gasteiger partial charge in [-0.1, -0.05) is 48.0 Å². The molecule has 0 atom stereocenters. The fraction of sp³-hybridized carbons (Fsp3) is 0.0909. The highest BCUT2D eigenvalue weighted by Crippen LogP contribution is 2.27. The van der Waals surface area contributed by atoms with E-state index in [-0.39, 0.29) is 5.91 Å². The molecule has 6 heteroatoms. The predicted octanol–water partition coefficient (Wildman–Crippen LogP) is 5.23. The van der Waals surface area contributed by atoms with Gasteiger partial charge in [0.2, 0.25) is 0 Å². The molecular weight excluding hydrogens is 390 g/mol. The van der Waals surface area contributed by atoms with Crippen LogP contribution >= 0.6 is 22.9 Å². The van der Waals surface area contributed by atoms with E-state index in [2.05, 4.69) is 10.4 Å². The van der Waals surface area contributed by atoms with Crippen molar-refractivity contribution < 1.29 is 4.79 Å². The molecule has 0 bridgehead atoms. The van der Waals surface area contributed by atoms with Gasteiger partial charge < -0.3 is 5.32 Å². The maximum absolute atomic E-state index is 12.9. The number of halogens is 1. The second-order valence-corrected chi connectivity index (χ2v) is 7.67. The molecule has 0 radical (unpaired) electrons. The Labute approximate surface area is 172 Å². The van der Waals surface area contributed by atoms with E-state index >= 15 is 0 Å². The molecule has 4 nitrogen and oxygen atoms in total. The van der Waals surface area contributed by atoms with Crippen LogP contribution in [-0.2, 0) is 6.42 Å². The third-order valence-electron chi connectivity index (χ3n) is 4.35. The van der Waals surface area contributed by atoms with Crippen LogP contribution in [0.25, 0.3) is 16.3 Å². The number of amides is 1. The summed E-state index contributed by atoms with van der Waals surface area (Å²) in [6.07, 6.45) is 2.53. The van der Waals surface area contributed by atoms with E-state index < -0.39 is 0 Å². The van der Waals surface area contributed by atoms with Crippen LogP contribution in [0.5, 0.6) is 0 Å². The lowest BCUT2D eigenvalue weighted by molar-refractivity contribution is 0.0955. The van der Waals surface area contributed by atoms with Crippen LogP contribution in [0.1, 0.15) is 15.9 Å². The Kier molecular flexibility index (Phi) is 5.55. The van der Waals surface area contributed by atoms with E-state index in [1.54, 1.807) is 22.2 Å². The summed E-state index contributed by atoms with van der Waals surface area (Å²) < 4.78 is 1.75. The van der Waals surface area contributed by atoms with Crippen molar-refractivity contribution in [3.05, 3.63) is 94.5 Å². The minimum Gasteiger partial charge on any atom is -0.352 e. The molecule has 28 heavy (non-hydrogen) atoms. The van der Waals surface area contributed by atoms with Crippen LogP contribution in [-0.4, -0.2) is 22.2 Å². The Balaban J connectivity index is 1.54. The average molecular weight is 408 g/mol. The number of aromatic nitrogens is 2. The first-order valence-electron chi connectivity index (χ1n) is 8.92. The van der Waals surface area contributed by atoms with Gasteiger partial charge in [-0.3, -0.25) is 4.79 Å². The SMILES string of the molecule is O=C(NCCc1ccc(Cl)cc1)c1cn(-c2ccccc2)nc1-c1cccs1. The van der Waals surface area contributed by atoms with Gasteiger partial charge in [0, 0.05) is 17.8 Å². The molecule has 2 aromatic carbocycles. The normalized spacial score (nSPS) is 10.8. The van der Waals surface area contributed by atoms with Crippen LogP contribution in [0, 0.1) is 0 Å². The largest absolute Gasteiger partial charge is 0.352 e. The van der Waals surface area contributed by atoms with Gasteiger partial charge in [0.05, 0.1) is 16.1 Å². The van der Waals surface area contributed by atoms with Crippen molar-refractivity contribution in [1.29, 1.82) is 0 Å². The number of hydrogen-bond acceptors (Lipinski definition) is 3. The van der Waals surface area contributed by atoms with Crippen molar-refractivity contribution in [2.24, 2.45) is 0 Å². The molecule has 0 fully saturated rings. The zero-order valence-electron chi connectivity index (χ0n) is 15.0. The van der Waals surface area contributed by atoms with Gasteiger partial charge in [-0.05, 0) is 47.7 Å². The molecule has 4 rings (SSSR count). The molecule has 2 heterocycles. The molecule has 0 spiro atoms. The van der Waals surface area contributed by atoms with Gasteiger partial charge in [0.15, 0.2) is 0 Å². The average Bonchev–Trinajstić information content (AvgIpc) is 3.40. The first-order chi connectivity index (χ1) is 13.7. The molecular formula is C22H18ClN3OS. The summed E-state index contributed by atoms with van der Waals surface area (Å²) in [4.78, 5) is 13.8. The molecule has 4 aromatic rings. The highest BCUT2D eigenvalue weighted by Gasteiger charge is 2.19. The molecule has 0 saturated carbocycles. The monoisotopic (exact) mass is 407 g/mol. The lowest BCUT2D eigenvalue weighted by atomic mass is 10.1. The lowest BCUT2D eigenvalue weighted by Gasteiger charge is -2.05. The summed E-state index contributed by atoms with van der Waals surface area (Å²) in [5.74, 6) is -0.125. The molecule has 1 N–H and O–H groups in total. The first-order valence-corrected chi connectivity index (χ1v) is 10.2. The molecule has 1 amide bonds. The Morgan fingerprint density at radius 3 is 2.54 bits per heavy atom. The van der Waals surface area contributed by atoms with Crippen molar-refractivity contribution in [3.8, 4) is 16.3 Å². The number of benzene rings is 2. The standard InChI is InChI=1S/C22H18ClN3OS/c23-17-10-8-16(9-11-17)12-13-24-22(27)19-15-26(18-5-2-1-3-6-18)25-21(19)20-7-4-14-28-20/h1-11,14-15H,12-13H2,(H,24,27). The van der Waals surface area contributed by atoms with Gasteiger partial charge in [-0.2, -0.15) is 5.10 Å². The first kappa shape index (κ1) is 18.5. The van der Waals surface area contributed by atoms with E-state index in [1.807, 2.05) is 72.1 Å². The summed E-state index contributed by atoms with van der Waals surface area (Å²) in [5.41, 5.74) is 3.31. The lowest BCUT2D eigenvalue weighted by Crippen LogP contribution is -2.25. The molecule has 0 unspecified atom stereocenters. The number of carbonyl (C=O) groups excluding carboxylic acids is 1. The van der Waals surface area contributed by atoms with Crippen molar-refractivity contribution in [2.45, 2.75) is 6.42 Å². The van der Waals surface area contributed by atoms with Gasteiger partial charge in [0.1, 0.15) is 5.69 Å². The van der Waals surface area contributed by atoms with Crippen LogP contribution < -0.4 is 5.32 Å². The predicted molar refractivity (Wildman–Crippen MR) is 114 cm³/mol. The Morgan fingerprint density at radius 1 is 1.04 bits per heavy atom. The molecule has 0 saturated heterocycles. The zero-order chi connectivity index (χ0) is 19.3.